The van der Waals surface area contributed by atoms with Crippen LogP contribution in [0, 0.1) is 10.8 Å². The Balaban J connectivity index is 0. The number of carboxylic acid groups (broad SMARTS) is 1. The third kappa shape index (κ3) is 20.4. The SMILES string of the molecule is N=C(N)NCCCCN.N=C(N)NCCC[C@H](N)C(=O)O. The van der Waals surface area contributed by atoms with E-state index in [2.05, 4.69) is 10.6 Å². The zero-order valence-electron chi connectivity index (χ0n) is 12.2. The Bertz CT molecular complexity index is 311. The van der Waals surface area contributed by atoms with E-state index in [1.807, 2.05) is 0 Å². The van der Waals surface area contributed by atoms with Crippen molar-refractivity contribution in [2.24, 2.45) is 22.9 Å². The average molecular weight is 304 g/mol. The molecule has 0 rings (SSSR count). The van der Waals surface area contributed by atoms with E-state index in [4.69, 9.17) is 38.9 Å². The quantitative estimate of drug-likeness (QED) is 0.130. The molecule has 0 saturated heterocycles. The Morgan fingerprint density at radius 2 is 1.52 bits per heavy atom. The van der Waals surface area contributed by atoms with Crippen LogP contribution in [-0.4, -0.2) is 48.7 Å². The number of nitrogens with two attached hydrogens (primary N) is 4. The summed E-state index contributed by atoms with van der Waals surface area (Å²) in [7, 11) is 0. The van der Waals surface area contributed by atoms with Gasteiger partial charge in [-0.2, -0.15) is 0 Å². The smallest absolute Gasteiger partial charge is 0.320 e. The predicted octanol–water partition coefficient (Wildman–Crippen LogP) is -2.13. The first-order valence-electron chi connectivity index (χ1n) is 6.65. The molecule has 0 aromatic rings. The molecule has 0 fully saturated rings. The highest BCUT2D eigenvalue weighted by atomic mass is 16.4. The second-order valence-electron chi connectivity index (χ2n) is 4.26. The maximum Gasteiger partial charge on any atom is 0.320 e. The summed E-state index contributed by atoms with van der Waals surface area (Å²) >= 11 is 0. The molecule has 0 radical (unpaired) electrons. The molecule has 124 valence electrons. The number of nitrogens with one attached hydrogen (secondary N) is 4. The topological polar surface area (TPSA) is 213 Å². The van der Waals surface area contributed by atoms with Crippen LogP contribution in [0.4, 0.5) is 0 Å². The van der Waals surface area contributed by atoms with E-state index >= 15 is 0 Å². The molecule has 0 aromatic heterocycles. The molecule has 0 aliphatic rings. The van der Waals surface area contributed by atoms with E-state index in [1.165, 1.54) is 0 Å². The van der Waals surface area contributed by atoms with Crippen LogP contribution < -0.4 is 33.6 Å². The van der Waals surface area contributed by atoms with Crippen molar-refractivity contribution in [3.63, 3.8) is 0 Å². The van der Waals surface area contributed by atoms with Gasteiger partial charge in [-0.1, -0.05) is 0 Å². The summed E-state index contributed by atoms with van der Waals surface area (Å²) < 4.78 is 0. The number of carbonyl (C=O) groups is 1. The fraction of sp³-hybridized carbons (Fsp3) is 0.727. The molecule has 0 unspecified atom stereocenters. The van der Waals surface area contributed by atoms with Crippen LogP contribution in [-0.2, 0) is 4.79 Å². The molecule has 0 aromatic carbocycles. The second-order valence-corrected chi connectivity index (χ2v) is 4.26. The van der Waals surface area contributed by atoms with E-state index in [-0.39, 0.29) is 11.9 Å². The second kappa shape index (κ2) is 14.3. The molecule has 0 aliphatic heterocycles. The van der Waals surface area contributed by atoms with Gasteiger partial charge in [0.25, 0.3) is 0 Å². The molecule has 13 N–H and O–H groups in total. The van der Waals surface area contributed by atoms with E-state index in [1.54, 1.807) is 0 Å². The zero-order valence-corrected chi connectivity index (χ0v) is 12.2. The molecule has 0 amide bonds. The number of carboxylic acids is 1. The van der Waals surface area contributed by atoms with Crippen molar-refractivity contribution in [2.75, 3.05) is 19.6 Å². The van der Waals surface area contributed by atoms with Crippen LogP contribution in [0.25, 0.3) is 0 Å². The van der Waals surface area contributed by atoms with E-state index in [9.17, 15) is 4.79 Å². The van der Waals surface area contributed by atoms with Crippen molar-refractivity contribution >= 4 is 17.9 Å². The third-order valence-electron chi connectivity index (χ3n) is 2.27. The number of hydrogen-bond acceptors (Lipinski definition) is 5. The number of hydrogen-bond donors (Lipinski definition) is 9. The number of rotatable bonds is 9. The molecule has 0 heterocycles. The minimum Gasteiger partial charge on any atom is -0.480 e. The number of guanidine groups is 2. The van der Waals surface area contributed by atoms with Crippen molar-refractivity contribution in [3.05, 3.63) is 0 Å². The van der Waals surface area contributed by atoms with Gasteiger partial charge in [0.2, 0.25) is 0 Å². The van der Waals surface area contributed by atoms with Gasteiger partial charge in [-0.05, 0) is 32.2 Å². The first-order valence-corrected chi connectivity index (χ1v) is 6.65. The zero-order chi connectivity index (χ0) is 16.7. The monoisotopic (exact) mass is 304 g/mol. The van der Waals surface area contributed by atoms with Crippen LogP contribution in [0.2, 0.25) is 0 Å². The molecule has 21 heavy (non-hydrogen) atoms. The lowest BCUT2D eigenvalue weighted by Gasteiger charge is -2.06. The van der Waals surface area contributed by atoms with Gasteiger partial charge in [0.15, 0.2) is 11.9 Å². The lowest BCUT2D eigenvalue weighted by molar-refractivity contribution is -0.138. The third-order valence-corrected chi connectivity index (χ3v) is 2.27. The summed E-state index contributed by atoms with van der Waals surface area (Å²) in [5.74, 6) is -1.08. The van der Waals surface area contributed by atoms with Gasteiger partial charge < -0.3 is 38.7 Å². The first-order chi connectivity index (χ1) is 9.81. The van der Waals surface area contributed by atoms with Crippen molar-refractivity contribution in [3.8, 4) is 0 Å². The Morgan fingerprint density at radius 1 is 1.05 bits per heavy atom. The maximum atomic E-state index is 10.2. The summed E-state index contributed by atoms with van der Waals surface area (Å²) in [6.45, 7) is 1.95. The van der Waals surface area contributed by atoms with Crippen molar-refractivity contribution in [1.29, 1.82) is 10.8 Å². The van der Waals surface area contributed by atoms with Crippen LogP contribution in [0.5, 0.6) is 0 Å². The Kier molecular flexibility index (Phi) is 14.5. The maximum absolute atomic E-state index is 10.2. The van der Waals surface area contributed by atoms with Crippen LogP contribution >= 0.6 is 0 Å². The lowest BCUT2D eigenvalue weighted by Crippen LogP contribution is -2.34. The highest BCUT2D eigenvalue weighted by Gasteiger charge is 2.09. The van der Waals surface area contributed by atoms with Gasteiger partial charge in [0, 0.05) is 13.1 Å². The van der Waals surface area contributed by atoms with Gasteiger partial charge in [-0.25, -0.2) is 0 Å². The normalized spacial score (nSPS) is 10.8. The first kappa shape index (κ1) is 21.2. The highest BCUT2D eigenvalue weighted by Crippen LogP contribution is 1.92. The van der Waals surface area contributed by atoms with Crippen LogP contribution in [0.3, 0.4) is 0 Å². The highest BCUT2D eigenvalue weighted by molar-refractivity contribution is 5.74. The summed E-state index contributed by atoms with van der Waals surface area (Å²) in [4.78, 5) is 10.2. The standard InChI is InChI=1S/C6H14N4O2.C5H14N4/c7-4(5(11)12)2-1-3-10-6(8)9;6-3-1-2-4-9-5(7)8/h4H,1-3,7H2,(H,11,12)(H4,8,9,10);1-4,6H2,(H4,7,8,9)/t4-;/m0./s1. The molecule has 0 bridgehead atoms. The molecule has 0 spiro atoms. The van der Waals surface area contributed by atoms with Gasteiger partial charge >= 0.3 is 5.97 Å². The minimum absolute atomic E-state index is 0.0343. The molecular formula is C11H28N8O2. The van der Waals surface area contributed by atoms with Crippen molar-refractivity contribution in [1.82, 2.24) is 10.6 Å². The number of unbranched alkanes of at least 4 members (excludes halogenated alkanes) is 1. The Labute approximate surface area is 124 Å². The average Bonchev–Trinajstić information content (AvgIpc) is 2.39. The molecule has 10 heteroatoms. The Morgan fingerprint density at radius 3 is 1.90 bits per heavy atom. The van der Waals surface area contributed by atoms with E-state index in [0.717, 1.165) is 19.4 Å². The van der Waals surface area contributed by atoms with Crippen LogP contribution in [0.1, 0.15) is 25.7 Å². The lowest BCUT2D eigenvalue weighted by atomic mass is 10.2. The number of aliphatic carboxylic acids is 1. The molecule has 1 atom stereocenters. The molecule has 10 nitrogen and oxygen atoms in total. The fourth-order valence-corrected chi connectivity index (χ4v) is 1.16. The van der Waals surface area contributed by atoms with Crippen LogP contribution in [0.15, 0.2) is 0 Å². The molecular weight excluding hydrogens is 276 g/mol. The van der Waals surface area contributed by atoms with Gasteiger partial charge in [-0.3, -0.25) is 15.6 Å². The fourth-order valence-electron chi connectivity index (χ4n) is 1.16. The largest absolute Gasteiger partial charge is 0.480 e. The van der Waals surface area contributed by atoms with Gasteiger partial charge in [0.05, 0.1) is 0 Å². The molecule has 0 aliphatic carbocycles. The van der Waals surface area contributed by atoms with Gasteiger partial charge in [-0.15, -0.1) is 0 Å². The minimum atomic E-state index is -1.00. The summed E-state index contributed by atoms with van der Waals surface area (Å²) in [5, 5.41) is 27.2. The summed E-state index contributed by atoms with van der Waals surface area (Å²) in [6, 6.07) is -0.821. The van der Waals surface area contributed by atoms with E-state index < -0.39 is 12.0 Å². The van der Waals surface area contributed by atoms with Crippen molar-refractivity contribution < 1.29 is 9.90 Å². The summed E-state index contributed by atoms with van der Waals surface area (Å²) in [5.41, 5.74) is 20.5. The van der Waals surface area contributed by atoms with Crippen molar-refractivity contribution in [2.45, 2.75) is 31.7 Å². The molecule has 0 saturated carbocycles. The summed E-state index contributed by atoms with van der Waals surface area (Å²) in [6.07, 6.45) is 2.94. The van der Waals surface area contributed by atoms with Gasteiger partial charge in [0.1, 0.15) is 6.04 Å². The Hall–Kier alpha value is -2.07. The van der Waals surface area contributed by atoms with E-state index in [0.29, 0.717) is 25.9 Å². The predicted molar refractivity (Wildman–Crippen MR) is 83.0 cm³/mol.